The first-order valence-corrected chi connectivity index (χ1v) is 8.68. The SMILES string of the molecule is Cc1nn(CCCN[C@H](C)CS(C)(=O)=O)c(C)c1C. The Morgan fingerprint density at radius 3 is 2.42 bits per heavy atom. The van der Waals surface area contributed by atoms with Gasteiger partial charge < -0.3 is 5.32 Å². The van der Waals surface area contributed by atoms with Crippen molar-refractivity contribution in [1.82, 2.24) is 15.1 Å². The van der Waals surface area contributed by atoms with Crippen molar-refractivity contribution in [2.75, 3.05) is 18.6 Å². The number of rotatable bonds is 7. The Kier molecular flexibility index (Phi) is 5.55. The first-order chi connectivity index (χ1) is 8.70. The molecule has 0 radical (unpaired) electrons. The summed E-state index contributed by atoms with van der Waals surface area (Å²) in [5, 5.41) is 7.71. The van der Waals surface area contributed by atoms with Crippen LogP contribution in [0.15, 0.2) is 0 Å². The van der Waals surface area contributed by atoms with Crippen LogP contribution >= 0.6 is 0 Å². The zero-order chi connectivity index (χ0) is 14.6. The molecule has 6 heteroatoms. The molecule has 0 amide bonds. The summed E-state index contributed by atoms with van der Waals surface area (Å²) in [7, 11) is -2.90. The van der Waals surface area contributed by atoms with Crippen LogP contribution in [0.5, 0.6) is 0 Å². The largest absolute Gasteiger partial charge is 0.313 e. The Bertz CT molecular complexity index is 520. The zero-order valence-corrected chi connectivity index (χ0v) is 13.3. The molecule has 1 N–H and O–H groups in total. The molecule has 19 heavy (non-hydrogen) atoms. The van der Waals surface area contributed by atoms with Crippen molar-refractivity contribution >= 4 is 9.84 Å². The molecule has 0 unspecified atom stereocenters. The quantitative estimate of drug-likeness (QED) is 0.766. The molecule has 1 rings (SSSR count). The Labute approximate surface area is 116 Å². The third-order valence-electron chi connectivity index (χ3n) is 3.34. The maximum Gasteiger partial charge on any atom is 0.148 e. The monoisotopic (exact) mass is 287 g/mol. The number of nitrogens with zero attached hydrogens (tertiary/aromatic N) is 2. The molecule has 0 aliphatic carbocycles. The normalized spacial score (nSPS) is 13.7. The van der Waals surface area contributed by atoms with Crippen LogP contribution in [0.4, 0.5) is 0 Å². The fraction of sp³-hybridized carbons (Fsp3) is 0.769. The van der Waals surface area contributed by atoms with Crippen molar-refractivity contribution in [3.05, 3.63) is 17.0 Å². The van der Waals surface area contributed by atoms with Crippen LogP contribution < -0.4 is 5.32 Å². The highest BCUT2D eigenvalue weighted by molar-refractivity contribution is 7.90. The van der Waals surface area contributed by atoms with Crippen molar-refractivity contribution in [3.8, 4) is 0 Å². The van der Waals surface area contributed by atoms with Gasteiger partial charge in [0.2, 0.25) is 0 Å². The van der Waals surface area contributed by atoms with E-state index in [9.17, 15) is 8.42 Å². The minimum absolute atomic E-state index is 0.00260. The summed E-state index contributed by atoms with van der Waals surface area (Å²) in [6.45, 7) is 9.74. The Morgan fingerprint density at radius 2 is 1.95 bits per heavy atom. The number of aromatic nitrogens is 2. The van der Waals surface area contributed by atoms with Crippen LogP contribution in [-0.2, 0) is 16.4 Å². The van der Waals surface area contributed by atoms with E-state index in [1.165, 1.54) is 17.5 Å². The summed E-state index contributed by atoms with van der Waals surface area (Å²) >= 11 is 0. The van der Waals surface area contributed by atoms with Crippen LogP contribution in [-0.4, -0.2) is 42.8 Å². The Balaban J connectivity index is 2.33. The van der Waals surface area contributed by atoms with E-state index in [-0.39, 0.29) is 11.8 Å². The number of sulfone groups is 1. The van der Waals surface area contributed by atoms with Crippen molar-refractivity contribution in [3.63, 3.8) is 0 Å². The highest BCUT2D eigenvalue weighted by Crippen LogP contribution is 2.10. The lowest BCUT2D eigenvalue weighted by molar-refractivity contribution is 0.503. The fourth-order valence-corrected chi connectivity index (χ4v) is 3.12. The lowest BCUT2D eigenvalue weighted by Gasteiger charge is -2.12. The highest BCUT2D eigenvalue weighted by Gasteiger charge is 2.10. The van der Waals surface area contributed by atoms with Crippen molar-refractivity contribution in [2.24, 2.45) is 0 Å². The lowest BCUT2D eigenvalue weighted by Crippen LogP contribution is -2.33. The average molecular weight is 287 g/mol. The third kappa shape index (κ3) is 5.32. The van der Waals surface area contributed by atoms with Crippen LogP contribution in [0.1, 0.15) is 30.3 Å². The molecular formula is C13H25N3O2S. The van der Waals surface area contributed by atoms with E-state index in [1.54, 1.807) is 0 Å². The van der Waals surface area contributed by atoms with Crippen molar-refractivity contribution < 1.29 is 8.42 Å². The topological polar surface area (TPSA) is 64.0 Å². The molecule has 0 saturated carbocycles. The van der Waals surface area contributed by atoms with Gasteiger partial charge in [0.1, 0.15) is 9.84 Å². The molecule has 5 nitrogen and oxygen atoms in total. The molecule has 1 atom stereocenters. The summed E-state index contributed by atoms with van der Waals surface area (Å²) in [5.74, 6) is 0.187. The minimum Gasteiger partial charge on any atom is -0.313 e. The van der Waals surface area contributed by atoms with E-state index in [2.05, 4.69) is 24.3 Å². The summed E-state index contributed by atoms with van der Waals surface area (Å²) in [5.41, 5.74) is 3.54. The second-order valence-electron chi connectivity index (χ2n) is 5.32. The van der Waals surface area contributed by atoms with Crippen LogP contribution in [0.25, 0.3) is 0 Å². The molecule has 0 aliphatic rings. The van der Waals surface area contributed by atoms with Gasteiger partial charge in [0.15, 0.2) is 0 Å². The molecule has 1 aromatic heterocycles. The summed E-state index contributed by atoms with van der Waals surface area (Å²) in [4.78, 5) is 0. The van der Waals surface area contributed by atoms with Crippen LogP contribution in [0, 0.1) is 20.8 Å². The number of nitrogens with one attached hydrogen (secondary N) is 1. The Morgan fingerprint density at radius 1 is 1.32 bits per heavy atom. The Hall–Kier alpha value is -0.880. The lowest BCUT2D eigenvalue weighted by atomic mass is 10.2. The predicted octanol–water partition coefficient (Wildman–Crippen LogP) is 1.22. The van der Waals surface area contributed by atoms with E-state index >= 15 is 0 Å². The molecule has 110 valence electrons. The van der Waals surface area contributed by atoms with Gasteiger partial charge in [-0.3, -0.25) is 4.68 Å². The summed E-state index contributed by atoms with van der Waals surface area (Å²) < 4.78 is 24.3. The molecule has 0 spiro atoms. The van der Waals surface area contributed by atoms with Gasteiger partial charge in [-0.15, -0.1) is 0 Å². The standard InChI is InChI=1S/C13H25N3O2S/c1-10(9-19(5,17)18)14-7-6-8-16-13(4)11(2)12(3)15-16/h10,14H,6-9H2,1-5H3/t10-/m1/s1. The van der Waals surface area contributed by atoms with E-state index in [1.807, 2.05) is 18.5 Å². The average Bonchev–Trinajstić information content (AvgIpc) is 2.50. The first-order valence-electron chi connectivity index (χ1n) is 6.62. The maximum absolute atomic E-state index is 11.1. The first kappa shape index (κ1) is 16.2. The molecular weight excluding hydrogens is 262 g/mol. The zero-order valence-electron chi connectivity index (χ0n) is 12.5. The molecule has 0 aromatic carbocycles. The summed E-state index contributed by atoms with van der Waals surface area (Å²) in [6, 6.07) is -0.00260. The van der Waals surface area contributed by atoms with Gasteiger partial charge in [-0.25, -0.2) is 8.42 Å². The van der Waals surface area contributed by atoms with Gasteiger partial charge in [0.05, 0.1) is 11.4 Å². The van der Waals surface area contributed by atoms with Gasteiger partial charge in [-0.05, 0) is 46.2 Å². The second-order valence-corrected chi connectivity index (χ2v) is 7.50. The molecule has 0 saturated heterocycles. The molecule has 0 aliphatic heterocycles. The van der Waals surface area contributed by atoms with Crippen LogP contribution in [0.2, 0.25) is 0 Å². The molecule has 0 bridgehead atoms. The van der Waals surface area contributed by atoms with Gasteiger partial charge in [-0.2, -0.15) is 5.10 Å². The van der Waals surface area contributed by atoms with Crippen LogP contribution in [0.3, 0.4) is 0 Å². The van der Waals surface area contributed by atoms with E-state index in [0.29, 0.717) is 0 Å². The molecule has 1 aromatic rings. The smallest absolute Gasteiger partial charge is 0.148 e. The number of aryl methyl sites for hydroxylation is 2. The van der Waals surface area contributed by atoms with Gasteiger partial charge in [0, 0.05) is 24.5 Å². The van der Waals surface area contributed by atoms with Gasteiger partial charge in [0.25, 0.3) is 0 Å². The third-order valence-corrected chi connectivity index (χ3v) is 4.44. The predicted molar refractivity (Wildman–Crippen MR) is 78.2 cm³/mol. The van der Waals surface area contributed by atoms with Gasteiger partial charge in [-0.1, -0.05) is 0 Å². The van der Waals surface area contributed by atoms with Crippen molar-refractivity contribution in [2.45, 2.75) is 46.7 Å². The van der Waals surface area contributed by atoms with E-state index < -0.39 is 9.84 Å². The highest BCUT2D eigenvalue weighted by atomic mass is 32.2. The minimum atomic E-state index is -2.90. The number of hydrogen-bond donors (Lipinski definition) is 1. The molecule has 1 heterocycles. The van der Waals surface area contributed by atoms with Crippen molar-refractivity contribution in [1.29, 1.82) is 0 Å². The maximum atomic E-state index is 11.1. The number of hydrogen-bond acceptors (Lipinski definition) is 4. The fourth-order valence-electron chi connectivity index (χ4n) is 2.09. The second kappa shape index (κ2) is 6.52. The molecule has 0 fully saturated rings. The summed E-state index contributed by atoms with van der Waals surface area (Å²) in [6.07, 6.45) is 2.21. The van der Waals surface area contributed by atoms with Gasteiger partial charge >= 0.3 is 0 Å². The van der Waals surface area contributed by atoms with E-state index in [4.69, 9.17) is 0 Å². The van der Waals surface area contributed by atoms with E-state index in [0.717, 1.165) is 25.2 Å².